The minimum Gasteiger partial charge on any atom is -0.481 e. The quantitative estimate of drug-likeness (QED) is 0.724. The summed E-state index contributed by atoms with van der Waals surface area (Å²) in [6, 6.07) is 3.20. The number of carbonyl (C=O) groups is 1. The zero-order valence-corrected chi connectivity index (χ0v) is 7.21. The Morgan fingerprint density at radius 1 is 1.46 bits per heavy atom. The molecule has 0 fully saturated rings. The standard InChI is InChI=1S/C9H11NO3/c1-6(9(12)13)8(11)7-2-4-10-5-3-7/h2-6,8,11H,1H3,(H,12,13)/t6?,8-/m0/s1. The van der Waals surface area contributed by atoms with E-state index in [9.17, 15) is 9.90 Å². The molecule has 0 aliphatic carbocycles. The third-order valence-corrected chi connectivity index (χ3v) is 1.91. The van der Waals surface area contributed by atoms with Crippen LogP contribution in [0.3, 0.4) is 0 Å². The third-order valence-electron chi connectivity index (χ3n) is 1.91. The second kappa shape index (κ2) is 4.00. The van der Waals surface area contributed by atoms with Crippen molar-refractivity contribution in [2.24, 2.45) is 5.92 Å². The topological polar surface area (TPSA) is 70.4 Å². The van der Waals surface area contributed by atoms with Gasteiger partial charge in [-0.15, -0.1) is 0 Å². The molecule has 1 heterocycles. The fraction of sp³-hybridized carbons (Fsp3) is 0.333. The molecule has 1 rings (SSSR count). The lowest BCUT2D eigenvalue weighted by Gasteiger charge is -2.14. The van der Waals surface area contributed by atoms with Crippen LogP contribution in [0.5, 0.6) is 0 Å². The average molecular weight is 181 g/mol. The molecule has 0 saturated heterocycles. The molecule has 70 valence electrons. The highest BCUT2D eigenvalue weighted by atomic mass is 16.4. The molecule has 13 heavy (non-hydrogen) atoms. The van der Waals surface area contributed by atoms with Gasteiger partial charge in [0.25, 0.3) is 0 Å². The van der Waals surface area contributed by atoms with Crippen LogP contribution in [-0.2, 0) is 4.79 Å². The van der Waals surface area contributed by atoms with Crippen molar-refractivity contribution in [1.29, 1.82) is 0 Å². The lowest BCUT2D eigenvalue weighted by Crippen LogP contribution is -2.18. The number of carboxylic acid groups (broad SMARTS) is 1. The van der Waals surface area contributed by atoms with Gasteiger partial charge < -0.3 is 10.2 Å². The number of aliphatic carboxylic acids is 1. The first-order valence-corrected chi connectivity index (χ1v) is 3.93. The van der Waals surface area contributed by atoms with E-state index < -0.39 is 18.0 Å². The van der Waals surface area contributed by atoms with Crippen molar-refractivity contribution in [3.63, 3.8) is 0 Å². The molecule has 0 amide bonds. The van der Waals surface area contributed by atoms with Crippen LogP contribution in [0.15, 0.2) is 24.5 Å². The minimum absolute atomic E-state index is 0.574. The average Bonchev–Trinajstić information content (AvgIpc) is 2.17. The molecule has 2 atom stereocenters. The lowest BCUT2D eigenvalue weighted by atomic mass is 9.99. The molecule has 0 saturated carbocycles. The monoisotopic (exact) mass is 181 g/mol. The maximum atomic E-state index is 10.5. The first-order valence-electron chi connectivity index (χ1n) is 3.93. The van der Waals surface area contributed by atoms with Crippen LogP contribution in [0.25, 0.3) is 0 Å². The number of hydrogen-bond acceptors (Lipinski definition) is 3. The summed E-state index contributed by atoms with van der Waals surface area (Å²) in [7, 11) is 0. The van der Waals surface area contributed by atoms with Crippen LogP contribution in [0, 0.1) is 5.92 Å². The minimum atomic E-state index is -1.01. The summed E-state index contributed by atoms with van der Waals surface area (Å²) >= 11 is 0. The molecule has 0 aliphatic heterocycles. The van der Waals surface area contributed by atoms with Crippen molar-refractivity contribution in [3.05, 3.63) is 30.1 Å². The summed E-state index contributed by atoms with van der Waals surface area (Å²) in [5.74, 6) is -1.81. The zero-order chi connectivity index (χ0) is 9.84. The van der Waals surface area contributed by atoms with Crippen LogP contribution < -0.4 is 0 Å². The van der Waals surface area contributed by atoms with Crippen molar-refractivity contribution in [3.8, 4) is 0 Å². The maximum absolute atomic E-state index is 10.5. The molecule has 2 N–H and O–H groups in total. The van der Waals surface area contributed by atoms with Crippen molar-refractivity contribution >= 4 is 5.97 Å². The Balaban J connectivity index is 2.79. The molecule has 4 nitrogen and oxygen atoms in total. The number of pyridine rings is 1. The van der Waals surface area contributed by atoms with E-state index in [-0.39, 0.29) is 0 Å². The number of hydrogen-bond donors (Lipinski definition) is 2. The fourth-order valence-corrected chi connectivity index (χ4v) is 0.984. The molecule has 0 spiro atoms. The van der Waals surface area contributed by atoms with Crippen LogP contribution in [0.2, 0.25) is 0 Å². The van der Waals surface area contributed by atoms with Gasteiger partial charge in [0, 0.05) is 12.4 Å². The molecule has 1 aromatic heterocycles. The first kappa shape index (κ1) is 9.67. The highest BCUT2D eigenvalue weighted by Gasteiger charge is 2.22. The molecule has 4 heteroatoms. The van der Waals surface area contributed by atoms with E-state index in [4.69, 9.17) is 5.11 Å². The number of aliphatic hydroxyl groups excluding tert-OH is 1. The van der Waals surface area contributed by atoms with E-state index in [0.29, 0.717) is 5.56 Å². The van der Waals surface area contributed by atoms with Gasteiger partial charge in [0.15, 0.2) is 0 Å². The summed E-state index contributed by atoms with van der Waals surface area (Å²) in [6.45, 7) is 1.47. The molecule has 1 unspecified atom stereocenters. The molecule has 1 aromatic rings. The van der Waals surface area contributed by atoms with E-state index in [1.54, 1.807) is 12.1 Å². The second-order valence-electron chi connectivity index (χ2n) is 2.85. The molecule has 0 aliphatic rings. The summed E-state index contributed by atoms with van der Waals surface area (Å²) in [6.07, 6.45) is 2.07. The van der Waals surface area contributed by atoms with Crippen LogP contribution >= 0.6 is 0 Å². The lowest BCUT2D eigenvalue weighted by molar-refractivity contribution is -0.145. The van der Waals surface area contributed by atoms with Crippen LogP contribution in [-0.4, -0.2) is 21.2 Å². The predicted octanol–water partition coefficient (Wildman–Crippen LogP) is 0.836. The van der Waals surface area contributed by atoms with Gasteiger partial charge in [0.1, 0.15) is 0 Å². The summed E-state index contributed by atoms with van der Waals surface area (Å²) in [5.41, 5.74) is 0.574. The Kier molecular flexibility index (Phi) is 2.97. The molecular weight excluding hydrogens is 170 g/mol. The van der Waals surface area contributed by atoms with Crippen molar-refractivity contribution in [1.82, 2.24) is 4.98 Å². The Hall–Kier alpha value is -1.42. The Labute approximate surface area is 75.9 Å². The van der Waals surface area contributed by atoms with Gasteiger partial charge in [-0.05, 0) is 24.6 Å². The third kappa shape index (κ3) is 2.26. The number of rotatable bonds is 3. The molecule has 0 aromatic carbocycles. The number of nitrogens with zero attached hydrogens (tertiary/aromatic N) is 1. The largest absolute Gasteiger partial charge is 0.481 e. The van der Waals surface area contributed by atoms with Gasteiger partial charge in [0.2, 0.25) is 0 Å². The van der Waals surface area contributed by atoms with Gasteiger partial charge >= 0.3 is 5.97 Å². The van der Waals surface area contributed by atoms with Gasteiger partial charge in [0.05, 0.1) is 12.0 Å². The zero-order valence-electron chi connectivity index (χ0n) is 7.21. The van der Waals surface area contributed by atoms with Crippen molar-refractivity contribution < 1.29 is 15.0 Å². The Morgan fingerprint density at radius 2 is 2.00 bits per heavy atom. The number of carboxylic acids is 1. The molecule has 0 radical (unpaired) electrons. The normalized spacial score (nSPS) is 14.9. The van der Waals surface area contributed by atoms with Gasteiger partial charge in [-0.25, -0.2) is 0 Å². The van der Waals surface area contributed by atoms with Crippen LogP contribution in [0.4, 0.5) is 0 Å². The van der Waals surface area contributed by atoms with Gasteiger partial charge in [-0.1, -0.05) is 0 Å². The fourth-order valence-electron chi connectivity index (χ4n) is 0.984. The maximum Gasteiger partial charge on any atom is 0.309 e. The first-order chi connectivity index (χ1) is 6.13. The van der Waals surface area contributed by atoms with Gasteiger partial charge in [-0.2, -0.15) is 0 Å². The highest BCUT2D eigenvalue weighted by Crippen LogP contribution is 2.20. The van der Waals surface area contributed by atoms with E-state index in [1.807, 2.05) is 0 Å². The van der Waals surface area contributed by atoms with E-state index >= 15 is 0 Å². The van der Waals surface area contributed by atoms with Crippen LogP contribution in [0.1, 0.15) is 18.6 Å². The number of aromatic nitrogens is 1. The molecular formula is C9H11NO3. The summed E-state index contributed by atoms with van der Waals surface area (Å²) in [5, 5.41) is 18.2. The Morgan fingerprint density at radius 3 is 2.46 bits per heavy atom. The summed E-state index contributed by atoms with van der Waals surface area (Å²) < 4.78 is 0. The van der Waals surface area contributed by atoms with E-state index in [1.165, 1.54) is 19.3 Å². The van der Waals surface area contributed by atoms with E-state index in [0.717, 1.165) is 0 Å². The van der Waals surface area contributed by atoms with Gasteiger partial charge in [-0.3, -0.25) is 9.78 Å². The second-order valence-corrected chi connectivity index (χ2v) is 2.85. The Bertz CT molecular complexity index is 286. The van der Waals surface area contributed by atoms with Crippen molar-refractivity contribution in [2.75, 3.05) is 0 Å². The molecule has 0 bridgehead atoms. The number of aliphatic hydroxyl groups is 1. The summed E-state index contributed by atoms with van der Waals surface area (Å²) in [4.78, 5) is 14.3. The highest BCUT2D eigenvalue weighted by molar-refractivity contribution is 5.70. The van der Waals surface area contributed by atoms with Crippen molar-refractivity contribution in [2.45, 2.75) is 13.0 Å². The SMILES string of the molecule is CC(C(=O)O)[C@H](O)c1ccncc1. The predicted molar refractivity (Wildman–Crippen MR) is 46.0 cm³/mol. The smallest absolute Gasteiger partial charge is 0.309 e. The van der Waals surface area contributed by atoms with E-state index in [2.05, 4.69) is 4.98 Å².